The molecule has 5 rings (SSSR count). The summed E-state index contributed by atoms with van der Waals surface area (Å²) in [7, 11) is 0. The predicted octanol–water partition coefficient (Wildman–Crippen LogP) is 7.33. The smallest absolute Gasteiger partial charge is 0.335 e. The Morgan fingerprint density at radius 2 is 1.33 bits per heavy atom. The first-order valence-electron chi connectivity index (χ1n) is 16.4. The van der Waals surface area contributed by atoms with Crippen molar-refractivity contribution in [2.75, 3.05) is 39.6 Å². The molecule has 0 radical (unpaired) electrons. The van der Waals surface area contributed by atoms with E-state index in [1.165, 1.54) is 12.8 Å². The number of benzene rings is 2. The van der Waals surface area contributed by atoms with Crippen LogP contribution in [0.25, 0.3) is 0 Å². The molecule has 11 heteroatoms. The third kappa shape index (κ3) is 20.8. The van der Waals surface area contributed by atoms with Gasteiger partial charge in [0.25, 0.3) is 0 Å². The summed E-state index contributed by atoms with van der Waals surface area (Å²) in [5.74, 6) is -0.742. The van der Waals surface area contributed by atoms with Crippen LogP contribution in [0, 0.1) is 11.3 Å². The molecule has 3 saturated heterocycles. The van der Waals surface area contributed by atoms with E-state index in [4.69, 9.17) is 33.2 Å². The molecule has 0 bridgehead atoms. The van der Waals surface area contributed by atoms with Gasteiger partial charge in [0.05, 0.1) is 24.5 Å². The van der Waals surface area contributed by atoms with Crippen molar-refractivity contribution in [1.29, 1.82) is 0 Å². The summed E-state index contributed by atoms with van der Waals surface area (Å²) in [6, 6.07) is 17.8. The number of hydrogen-bond acceptors (Lipinski definition) is 11. The monoisotopic (exact) mass is 714 g/mol. The summed E-state index contributed by atoms with van der Waals surface area (Å²) in [5.41, 5.74) is -0.273. The minimum Gasteiger partial charge on any atom is -0.462 e. The number of para-hydroxylation sites is 2. The first-order valence-corrected chi connectivity index (χ1v) is 16.4. The summed E-state index contributed by atoms with van der Waals surface area (Å²) >= 11 is 0. The van der Waals surface area contributed by atoms with E-state index in [0.717, 1.165) is 19.3 Å². The van der Waals surface area contributed by atoms with Crippen LogP contribution in [-0.4, -0.2) is 75.7 Å². The number of esters is 4. The molecule has 3 fully saturated rings. The lowest BCUT2D eigenvalue weighted by Crippen LogP contribution is -2.34. The summed E-state index contributed by atoms with van der Waals surface area (Å²) in [6.07, 6.45) is 4.86. The number of epoxide rings is 2. The van der Waals surface area contributed by atoms with Crippen molar-refractivity contribution in [2.45, 2.75) is 80.4 Å². The lowest BCUT2D eigenvalue weighted by Gasteiger charge is -2.28. The zero-order chi connectivity index (χ0) is 36.1. The van der Waals surface area contributed by atoms with Crippen molar-refractivity contribution in [3.8, 4) is 11.5 Å². The van der Waals surface area contributed by atoms with Crippen LogP contribution in [0.15, 0.2) is 85.5 Å². The van der Waals surface area contributed by atoms with Crippen LogP contribution in [0.2, 0.25) is 0 Å². The molecule has 2 aromatic rings. The fourth-order valence-corrected chi connectivity index (χ4v) is 3.96. The van der Waals surface area contributed by atoms with E-state index < -0.39 is 17.3 Å². The Bertz CT molecular complexity index is 1310. The maximum Gasteiger partial charge on any atom is 0.335 e. The molecule has 0 spiro atoms. The van der Waals surface area contributed by atoms with E-state index in [2.05, 4.69) is 13.2 Å². The largest absolute Gasteiger partial charge is 0.462 e. The highest BCUT2D eigenvalue weighted by molar-refractivity contribution is 5.87. The van der Waals surface area contributed by atoms with Gasteiger partial charge in [-0.2, -0.15) is 0 Å². The van der Waals surface area contributed by atoms with Crippen LogP contribution < -0.4 is 9.47 Å². The van der Waals surface area contributed by atoms with Gasteiger partial charge in [0.1, 0.15) is 36.9 Å². The maximum absolute atomic E-state index is 12.3. The second-order valence-electron chi connectivity index (χ2n) is 11.9. The maximum atomic E-state index is 12.3. The van der Waals surface area contributed by atoms with Crippen LogP contribution in [0.5, 0.6) is 11.5 Å². The van der Waals surface area contributed by atoms with E-state index in [-0.39, 0.29) is 51.6 Å². The quantitative estimate of drug-likeness (QED) is 0.0892. The standard InChI is InChI=1S/C18H24O5.C9H8O2.C7H10O3.C4H8O.2CH4/c1-4-18(3,17(20)22-12-15-11-21-15)10-13(2)16(19)23-14-8-6-5-7-9-14;1-2-9(10)11-8-6-4-3-5-7-8;1-5(2)7(8)10-4-6-3-9-6;1-2-4-5-3-1;;/h5-9,13,15H,4,10-12H2,1-3H3;2-7H,1H2;6H,1,3-4H2,2H3;1-4H2;2*1H4. The van der Waals surface area contributed by atoms with Crippen LogP contribution in [0.4, 0.5) is 0 Å². The molecule has 51 heavy (non-hydrogen) atoms. The summed E-state index contributed by atoms with van der Waals surface area (Å²) in [5, 5.41) is 0. The SMILES string of the molecule is C.C.C1CCOC1.C=C(C)C(=O)OCC1CO1.C=CC(=O)Oc1ccccc1.CCC(C)(CC(C)C(=O)Oc1ccccc1)C(=O)OCC1CO1. The van der Waals surface area contributed by atoms with Crippen LogP contribution in [-0.2, 0) is 42.9 Å². The van der Waals surface area contributed by atoms with Crippen LogP contribution in [0.1, 0.15) is 68.2 Å². The van der Waals surface area contributed by atoms with Gasteiger partial charge in [0, 0.05) is 24.9 Å². The first-order chi connectivity index (χ1) is 23.5. The molecule has 4 atom stereocenters. The molecular formula is C40H58O11. The Hall–Kier alpha value is -4.32. The van der Waals surface area contributed by atoms with Gasteiger partial charge < -0.3 is 33.2 Å². The van der Waals surface area contributed by atoms with Crippen molar-refractivity contribution >= 4 is 23.9 Å². The highest BCUT2D eigenvalue weighted by atomic mass is 16.6. The van der Waals surface area contributed by atoms with Crippen molar-refractivity contribution in [3.05, 3.63) is 85.5 Å². The zero-order valence-corrected chi connectivity index (χ0v) is 29.1. The molecule has 2 aromatic carbocycles. The second kappa shape index (κ2) is 25.6. The van der Waals surface area contributed by atoms with E-state index in [1.54, 1.807) is 62.4 Å². The Morgan fingerprint density at radius 3 is 1.73 bits per heavy atom. The van der Waals surface area contributed by atoms with Crippen LogP contribution >= 0.6 is 0 Å². The zero-order valence-electron chi connectivity index (χ0n) is 29.1. The third-order valence-corrected chi connectivity index (χ3v) is 7.30. The van der Waals surface area contributed by atoms with E-state index in [0.29, 0.717) is 49.7 Å². The van der Waals surface area contributed by atoms with Crippen molar-refractivity contribution in [2.24, 2.45) is 11.3 Å². The van der Waals surface area contributed by atoms with Crippen molar-refractivity contribution in [3.63, 3.8) is 0 Å². The Kier molecular flexibility index (Phi) is 23.4. The molecule has 3 aliphatic rings. The lowest BCUT2D eigenvalue weighted by atomic mass is 9.79. The molecule has 3 heterocycles. The fourth-order valence-electron chi connectivity index (χ4n) is 3.96. The summed E-state index contributed by atoms with van der Waals surface area (Å²) in [4.78, 5) is 45.9. The second-order valence-corrected chi connectivity index (χ2v) is 11.9. The predicted molar refractivity (Wildman–Crippen MR) is 196 cm³/mol. The number of carbonyl (C=O) groups excluding carboxylic acids is 4. The van der Waals surface area contributed by atoms with E-state index in [1.807, 2.05) is 26.0 Å². The van der Waals surface area contributed by atoms with Gasteiger partial charge >= 0.3 is 23.9 Å². The summed E-state index contributed by atoms with van der Waals surface area (Å²) < 4.78 is 35.0. The average molecular weight is 715 g/mol. The van der Waals surface area contributed by atoms with Gasteiger partial charge in [0.2, 0.25) is 0 Å². The Balaban J connectivity index is 0.000000742. The minimum absolute atomic E-state index is 0. The van der Waals surface area contributed by atoms with Gasteiger partial charge in [-0.1, -0.05) is 78.3 Å². The molecule has 284 valence electrons. The Labute approximate surface area is 304 Å². The molecule has 4 unspecified atom stereocenters. The highest BCUT2D eigenvalue weighted by Crippen LogP contribution is 2.32. The third-order valence-electron chi connectivity index (χ3n) is 7.30. The normalized spacial score (nSPS) is 17.6. The first kappa shape index (κ1) is 46.7. The van der Waals surface area contributed by atoms with E-state index in [9.17, 15) is 19.2 Å². The number of rotatable bonds is 13. The number of ether oxygens (including phenoxy) is 7. The van der Waals surface area contributed by atoms with Gasteiger partial charge in [-0.15, -0.1) is 0 Å². The summed E-state index contributed by atoms with van der Waals surface area (Å²) in [6.45, 7) is 17.9. The van der Waals surface area contributed by atoms with Gasteiger partial charge in [-0.3, -0.25) is 9.59 Å². The fraction of sp³-hybridized carbons (Fsp3) is 0.500. The molecule has 0 N–H and O–H groups in total. The molecule has 0 saturated carbocycles. The molecule has 11 nitrogen and oxygen atoms in total. The minimum atomic E-state index is -0.704. The van der Waals surface area contributed by atoms with Gasteiger partial charge in [0.15, 0.2) is 0 Å². The molecule has 0 aromatic heterocycles. The topological polar surface area (TPSA) is 139 Å². The van der Waals surface area contributed by atoms with Crippen molar-refractivity contribution in [1.82, 2.24) is 0 Å². The average Bonchev–Trinajstić information content (AvgIpc) is 4.05. The Morgan fingerprint density at radius 1 is 0.863 bits per heavy atom. The molecule has 3 aliphatic heterocycles. The van der Waals surface area contributed by atoms with Gasteiger partial charge in [-0.25, -0.2) is 9.59 Å². The molecule has 0 amide bonds. The highest BCUT2D eigenvalue weighted by Gasteiger charge is 2.38. The number of carbonyl (C=O) groups is 4. The lowest BCUT2D eigenvalue weighted by molar-refractivity contribution is -0.157. The van der Waals surface area contributed by atoms with Crippen LogP contribution in [0.3, 0.4) is 0 Å². The molecule has 0 aliphatic carbocycles. The number of hydrogen-bond donors (Lipinski definition) is 0. The van der Waals surface area contributed by atoms with Gasteiger partial charge in [-0.05, 0) is 63.8 Å². The molecular weight excluding hydrogens is 656 g/mol. The van der Waals surface area contributed by atoms with Crippen molar-refractivity contribution < 1.29 is 52.3 Å². The van der Waals surface area contributed by atoms with E-state index >= 15 is 0 Å².